The van der Waals surface area contributed by atoms with Gasteiger partial charge in [-0.3, -0.25) is 0 Å². The van der Waals surface area contributed by atoms with Crippen molar-refractivity contribution in [3.63, 3.8) is 0 Å². The van der Waals surface area contributed by atoms with Gasteiger partial charge in [-0.1, -0.05) is 44.1 Å². The topological polar surface area (TPSA) is 0 Å². The Morgan fingerprint density at radius 3 is 2.64 bits per heavy atom. The van der Waals surface area contributed by atoms with Crippen LogP contribution in [0.15, 0.2) is 23.3 Å². The van der Waals surface area contributed by atoms with Crippen molar-refractivity contribution in [2.24, 2.45) is 5.92 Å². The maximum Gasteiger partial charge on any atom is -0.0130 e. The third kappa shape index (κ3) is 2.53. The molecule has 0 bridgehead atoms. The van der Waals surface area contributed by atoms with Crippen molar-refractivity contribution in [3.05, 3.63) is 23.3 Å². The molecule has 0 saturated carbocycles. The van der Waals surface area contributed by atoms with Gasteiger partial charge in [-0.05, 0) is 25.2 Å². The van der Waals surface area contributed by atoms with Crippen molar-refractivity contribution in [1.82, 2.24) is 0 Å². The minimum atomic E-state index is 0.811. The second-order valence-corrected chi connectivity index (χ2v) is 3.74. The quantitative estimate of drug-likeness (QED) is 0.575. The van der Waals surface area contributed by atoms with E-state index in [2.05, 4.69) is 32.9 Å². The van der Waals surface area contributed by atoms with Crippen molar-refractivity contribution >= 4 is 0 Å². The largest absolute Gasteiger partial charge is 0.0773 e. The Labute approximate surface area is 70.0 Å². The average Bonchev–Trinajstić information content (AvgIpc) is 2.34. The highest BCUT2D eigenvalue weighted by Crippen LogP contribution is 2.24. The predicted octanol–water partition coefficient (Wildman–Crippen LogP) is 3.70. The first-order valence-electron chi connectivity index (χ1n) is 4.60. The third-order valence-corrected chi connectivity index (χ3v) is 2.09. The fraction of sp³-hybridized carbons (Fsp3) is 0.636. The minimum Gasteiger partial charge on any atom is -0.0773 e. The summed E-state index contributed by atoms with van der Waals surface area (Å²) >= 11 is 0. The van der Waals surface area contributed by atoms with Crippen molar-refractivity contribution in [1.29, 1.82) is 0 Å². The van der Waals surface area contributed by atoms with Crippen LogP contribution in [-0.2, 0) is 0 Å². The molecule has 0 N–H and O–H groups in total. The fourth-order valence-electron chi connectivity index (χ4n) is 1.56. The lowest BCUT2D eigenvalue weighted by Crippen LogP contribution is -1.88. The van der Waals surface area contributed by atoms with E-state index in [0.717, 1.165) is 5.92 Å². The van der Waals surface area contributed by atoms with Gasteiger partial charge in [0.15, 0.2) is 0 Å². The normalized spacial score (nSPS) is 17.1. The molecule has 0 saturated heterocycles. The third-order valence-electron chi connectivity index (χ3n) is 2.09. The second-order valence-electron chi connectivity index (χ2n) is 3.74. The van der Waals surface area contributed by atoms with Crippen molar-refractivity contribution in [2.75, 3.05) is 0 Å². The molecule has 0 nitrogen and oxygen atoms in total. The average molecular weight is 150 g/mol. The molecule has 0 heteroatoms. The molecular formula is C11H18. The number of rotatable bonds is 3. The van der Waals surface area contributed by atoms with Gasteiger partial charge in [0.2, 0.25) is 0 Å². The van der Waals surface area contributed by atoms with E-state index in [9.17, 15) is 0 Å². The van der Waals surface area contributed by atoms with Crippen LogP contribution in [0.2, 0.25) is 0 Å². The highest BCUT2D eigenvalue weighted by Gasteiger charge is 2.06. The first-order chi connectivity index (χ1) is 5.22. The molecule has 0 atom stereocenters. The standard InChI is InChI=1S/C11H18/c1-4-10-5-6-11(8-10)7-9(2)3/h5,8-9H,4,6-7H2,1-3H3. The summed E-state index contributed by atoms with van der Waals surface area (Å²) in [5.41, 5.74) is 3.15. The lowest BCUT2D eigenvalue weighted by atomic mass is 10.0. The highest BCUT2D eigenvalue weighted by molar-refractivity contribution is 5.32. The van der Waals surface area contributed by atoms with Crippen LogP contribution >= 0.6 is 0 Å². The zero-order chi connectivity index (χ0) is 8.27. The van der Waals surface area contributed by atoms with E-state index < -0.39 is 0 Å². The Morgan fingerprint density at radius 2 is 2.18 bits per heavy atom. The summed E-state index contributed by atoms with van der Waals surface area (Å²) in [5, 5.41) is 0. The molecule has 1 aliphatic carbocycles. The molecule has 1 aliphatic rings. The van der Waals surface area contributed by atoms with Gasteiger partial charge in [-0.25, -0.2) is 0 Å². The summed E-state index contributed by atoms with van der Waals surface area (Å²) in [6.45, 7) is 6.79. The van der Waals surface area contributed by atoms with Crippen molar-refractivity contribution in [3.8, 4) is 0 Å². The molecule has 0 aromatic rings. The summed E-state index contributed by atoms with van der Waals surface area (Å²) in [7, 11) is 0. The van der Waals surface area contributed by atoms with E-state index in [1.165, 1.54) is 24.8 Å². The van der Waals surface area contributed by atoms with Crippen LogP contribution in [0.25, 0.3) is 0 Å². The minimum absolute atomic E-state index is 0.811. The monoisotopic (exact) mass is 150 g/mol. The van der Waals surface area contributed by atoms with E-state index in [-0.39, 0.29) is 0 Å². The van der Waals surface area contributed by atoms with E-state index >= 15 is 0 Å². The predicted molar refractivity (Wildman–Crippen MR) is 50.5 cm³/mol. The number of hydrogen-bond acceptors (Lipinski definition) is 0. The molecule has 62 valence electrons. The maximum absolute atomic E-state index is 2.38. The van der Waals surface area contributed by atoms with Crippen LogP contribution in [0.3, 0.4) is 0 Å². The van der Waals surface area contributed by atoms with Gasteiger partial charge < -0.3 is 0 Å². The number of allylic oxidation sites excluding steroid dienone is 4. The maximum atomic E-state index is 2.38. The summed E-state index contributed by atoms with van der Waals surface area (Å²) in [4.78, 5) is 0. The molecular weight excluding hydrogens is 132 g/mol. The van der Waals surface area contributed by atoms with Crippen LogP contribution in [0.1, 0.15) is 40.0 Å². The highest BCUT2D eigenvalue weighted by atomic mass is 14.1. The molecule has 0 aromatic heterocycles. The lowest BCUT2D eigenvalue weighted by molar-refractivity contribution is 0.637. The van der Waals surface area contributed by atoms with Gasteiger partial charge in [-0.15, -0.1) is 0 Å². The molecule has 0 aromatic carbocycles. The van der Waals surface area contributed by atoms with E-state index in [0.29, 0.717) is 0 Å². The van der Waals surface area contributed by atoms with Crippen molar-refractivity contribution < 1.29 is 0 Å². The second kappa shape index (κ2) is 3.75. The van der Waals surface area contributed by atoms with Crippen LogP contribution in [0.4, 0.5) is 0 Å². The first-order valence-corrected chi connectivity index (χ1v) is 4.60. The lowest BCUT2D eigenvalue weighted by Gasteiger charge is -2.03. The van der Waals surface area contributed by atoms with Crippen LogP contribution < -0.4 is 0 Å². The smallest absolute Gasteiger partial charge is 0.0130 e. The van der Waals surface area contributed by atoms with Gasteiger partial charge in [0.05, 0.1) is 0 Å². The SMILES string of the molecule is CCC1=CCC(CC(C)C)=C1. The first kappa shape index (κ1) is 8.58. The molecule has 0 radical (unpaired) electrons. The zero-order valence-corrected chi connectivity index (χ0v) is 7.85. The van der Waals surface area contributed by atoms with Gasteiger partial charge in [0.25, 0.3) is 0 Å². The Balaban J connectivity index is 2.42. The number of hydrogen-bond donors (Lipinski definition) is 0. The Hall–Kier alpha value is -0.520. The summed E-state index contributed by atoms with van der Waals surface area (Å²) in [5.74, 6) is 0.811. The zero-order valence-electron chi connectivity index (χ0n) is 7.85. The van der Waals surface area contributed by atoms with Crippen LogP contribution in [-0.4, -0.2) is 0 Å². The van der Waals surface area contributed by atoms with E-state index in [1.807, 2.05) is 0 Å². The van der Waals surface area contributed by atoms with Gasteiger partial charge >= 0.3 is 0 Å². The molecule has 0 unspecified atom stereocenters. The van der Waals surface area contributed by atoms with Crippen LogP contribution in [0, 0.1) is 5.92 Å². The van der Waals surface area contributed by atoms with E-state index in [1.54, 1.807) is 5.57 Å². The van der Waals surface area contributed by atoms with Gasteiger partial charge in [0.1, 0.15) is 0 Å². The summed E-state index contributed by atoms with van der Waals surface area (Å²) in [6.07, 6.45) is 8.42. The van der Waals surface area contributed by atoms with Crippen LogP contribution in [0.5, 0.6) is 0 Å². The summed E-state index contributed by atoms with van der Waals surface area (Å²) in [6, 6.07) is 0. The van der Waals surface area contributed by atoms with E-state index in [4.69, 9.17) is 0 Å². The van der Waals surface area contributed by atoms with Crippen molar-refractivity contribution in [2.45, 2.75) is 40.0 Å². The molecule has 1 rings (SSSR count). The Kier molecular flexibility index (Phi) is 2.92. The molecule has 0 heterocycles. The summed E-state index contributed by atoms with van der Waals surface area (Å²) < 4.78 is 0. The molecule has 0 fully saturated rings. The fourth-order valence-corrected chi connectivity index (χ4v) is 1.56. The Bertz CT molecular complexity index is 182. The van der Waals surface area contributed by atoms with Gasteiger partial charge in [0, 0.05) is 0 Å². The molecule has 11 heavy (non-hydrogen) atoms. The molecule has 0 spiro atoms. The Morgan fingerprint density at radius 1 is 1.45 bits per heavy atom. The molecule has 0 amide bonds. The molecule has 0 aliphatic heterocycles. The van der Waals surface area contributed by atoms with Gasteiger partial charge in [-0.2, -0.15) is 0 Å².